The zero-order chi connectivity index (χ0) is 17.4. The third-order valence-electron chi connectivity index (χ3n) is 5.75. The molecule has 4 aliphatic rings. The lowest BCUT2D eigenvalue weighted by Gasteiger charge is -2.40. The summed E-state index contributed by atoms with van der Waals surface area (Å²) in [6.45, 7) is 8.67. The van der Waals surface area contributed by atoms with Gasteiger partial charge in [0, 0.05) is 5.92 Å². The Kier molecular flexibility index (Phi) is 3.32. The molecule has 25 heavy (non-hydrogen) atoms. The van der Waals surface area contributed by atoms with E-state index in [-0.39, 0.29) is 42.2 Å². The molecule has 0 radical (unpaired) electrons. The van der Waals surface area contributed by atoms with Crippen LogP contribution in [0.3, 0.4) is 0 Å². The third kappa shape index (κ3) is 2.35. The maximum absolute atomic E-state index is 6.34. The van der Waals surface area contributed by atoms with Crippen LogP contribution in [0.15, 0.2) is 30.3 Å². The van der Waals surface area contributed by atoms with Crippen molar-refractivity contribution in [1.29, 1.82) is 0 Å². The number of hydrogen-bond donors (Lipinski definition) is 0. The van der Waals surface area contributed by atoms with Crippen LogP contribution in [0.2, 0.25) is 0 Å². The fraction of sp³-hybridized carbons (Fsp3) is 0.684. The molecule has 4 heterocycles. The maximum Gasteiger partial charge on any atom is 0.190 e. The summed E-state index contributed by atoms with van der Waals surface area (Å²) in [6, 6.07) is 10.2. The number of anilines is 1. The molecule has 1 aromatic rings. The molecule has 0 bridgehead atoms. The van der Waals surface area contributed by atoms with E-state index in [0.717, 1.165) is 5.69 Å². The lowest BCUT2D eigenvalue weighted by atomic mass is 9.80. The highest BCUT2D eigenvalue weighted by Crippen LogP contribution is 2.50. The minimum absolute atomic E-state index is 0.0667. The number of rotatable bonds is 1. The SMILES string of the molecule is CC1(C)O[C@H]2OC3C4C(CO[C@@H]3[C@H]2O1)C(C)(C)ON4c1ccccc1. The number of hydroxylamine groups is 1. The summed E-state index contributed by atoms with van der Waals surface area (Å²) in [5.74, 6) is -0.425. The number of ether oxygens (including phenoxy) is 4. The topological polar surface area (TPSA) is 49.4 Å². The first-order valence-electron chi connectivity index (χ1n) is 9.02. The normalized spacial score (nSPS) is 43.6. The van der Waals surface area contributed by atoms with Crippen molar-refractivity contribution in [2.24, 2.45) is 5.92 Å². The van der Waals surface area contributed by atoms with Crippen LogP contribution in [-0.2, 0) is 23.8 Å². The highest BCUT2D eigenvalue weighted by Gasteiger charge is 2.65. The largest absolute Gasteiger partial charge is 0.372 e. The molecule has 6 atom stereocenters. The lowest BCUT2D eigenvalue weighted by molar-refractivity contribution is -0.231. The van der Waals surface area contributed by atoms with Crippen molar-refractivity contribution in [3.63, 3.8) is 0 Å². The number of benzene rings is 1. The van der Waals surface area contributed by atoms with Gasteiger partial charge in [0.25, 0.3) is 0 Å². The predicted octanol–water partition coefficient (Wildman–Crippen LogP) is 2.48. The Labute approximate surface area is 147 Å². The molecule has 6 nitrogen and oxygen atoms in total. The molecule has 0 amide bonds. The first-order valence-corrected chi connectivity index (χ1v) is 9.02. The Balaban J connectivity index is 1.49. The molecule has 5 rings (SSSR count). The molecule has 1 aromatic carbocycles. The smallest absolute Gasteiger partial charge is 0.190 e. The summed E-state index contributed by atoms with van der Waals surface area (Å²) in [6.07, 6.45) is -0.865. The molecule has 0 saturated carbocycles. The molecular weight excluding hydrogens is 322 g/mol. The van der Waals surface area contributed by atoms with E-state index in [1.165, 1.54) is 0 Å². The second kappa shape index (κ2) is 5.18. The monoisotopic (exact) mass is 347 g/mol. The summed E-state index contributed by atoms with van der Waals surface area (Å²) in [4.78, 5) is 6.34. The van der Waals surface area contributed by atoms with Gasteiger partial charge in [-0.05, 0) is 39.8 Å². The Morgan fingerprint density at radius 2 is 1.72 bits per heavy atom. The first kappa shape index (κ1) is 16.0. The van der Waals surface area contributed by atoms with Crippen molar-refractivity contribution >= 4 is 5.69 Å². The maximum atomic E-state index is 6.34. The average molecular weight is 347 g/mol. The number of para-hydroxylation sites is 1. The average Bonchev–Trinajstić information content (AvgIpc) is 3.13. The van der Waals surface area contributed by atoms with Crippen molar-refractivity contribution in [3.05, 3.63) is 30.3 Å². The van der Waals surface area contributed by atoms with Crippen LogP contribution >= 0.6 is 0 Å². The van der Waals surface area contributed by atoms with Crippen LogP contribution < -0.4 is 5.06 Å². The van der Waals surface area contributed by atoms with Crippen LogP contribution in [0.25, 0.3) is 0 Å². The molecule has 6 heteroatoms. The molecule has 0 N–H and O–H groups in total. The van der Waals surface area contributed by atoms with Crippen LogP contribution in [0.1, 0.15) is 27.7 Å². The standard InChI is InChI=1S/C19H25NO5/c1-18(2)12-10-21-15-14(22-17-16(15)23-19(3,4)24-17)13(12)20(25-18)11-8-6-5-7-9-11/h5-9,12-17H,10H2,1-4H3/t12?,13?,14?,15-,16+,17+/m0/s1. The number of hydrogen-bond acceptors (Lipinski definition) is 6. The van der Waals surface area contributed by atoms with E-state index in [9.17, 15) is 0 Å². The second-order valence-electron chi connectivity index (χ2n) is 8.32. The predicted molar refractivity (Wildman–Crippen MR) is 89.8 cm³/mol. The van der Waals surface area contributed by atoms with Crippen LogP contribution in [-0.4, -0.2) is 48.6 Å². The summed E-state index contributed by atoms with van der Waals surface area (Å²) in [7, 11) is 0. The molecule has 0 spiro atoms. The van der Waals surface area contributed by atoms with E-state index in [2.05, 4.69) is 26.0 Å². The molecule has 4 fully saturated rings. The van der Waals surface area contributed by atoms with Gasteiger partial charge >= 0.3 is 0 Å². The van der Waals surface area contributed by atoms with Crippen molar-refractivity contribution in [1.82, 2.24) is 0 Å². The lowest BCUT2D eigenvalue weighted by Crippen LogP contribution is -2.56. The Morgan fingerprint density at radius 3 is 2.48 bits per heavy atom. The minimum atomic E-state index is -0.634. The first-order chi connectivity index (χ1) is 11.9. The fourth-order valence-corrected chi connectivity index (χ4v) is 4.60. The molecule has 3 unspecified atom stereocenters. The highest BCUT2D eigenvalue weighted by molar-refractivity contribution is 5.47. The molecule has 136 valence electrons. The summed E-state index contributed by atoms with van der Waals surface area (Å²) in [5, 5.41) is 2.01. The van der Waals surface area contributed by atoms with Gasteiger partial charge in [0.2, 0.25) is 0 Å². The fourth-order valence-electron chi connectivity index (χ4n) is 4.60. The Morgan fingerprint density at radius 1 is 0.960 bits per heavy atom. The Bertz CT molecular complexity index is 663. The van der Waals surface area contributed by atoms with Crippen molar-refractivity contribution in [2.75, 3.05) is 11.7 Å². The van der Waals surface area contributed by atoms with Gasteiger partial charge in [-0.15, -0.1) is 0 Å². The quantitative estimate of drug-likeness (QED) is 0.778. The molecule has 4 aliphatic heterocycles. The minimum Gasteiger partial charge on any atom is -0.372 e. The van der Waals surface area contributed by atoms with Crippen molar-refractivity contribution < 1.29 is 23.8 Å². The van der Waals surface area contributed by atoms with Crippen molar-refractivity contribution in [3.8, 4) is 0 Å². The van der Waals surface area contributed by atoms with E-state index < -0.39 is 5.79 Å². The summed E-state index contributed by atoms with van der Waals surface area (Å²) in [5.41, 5.74) is 0.708. The summed E-state index contributed by atoms with van der Waals surface area (Å²) >= 11 is 0. The Hall–Kier alpha value is -1.18. The molecule has 0 aliphatic carbocycles. The van der Waals surface area contributed by atoms with E-state index in [1.807, 2.05) is 37.1 Å². The molecule has 0 aromatic heterocycles. The molecule has 4 saturated heterocycles. The zero-order valence-corrected chi connectivity index (χ0v) is 15.0. The van der Waals surface area contributed by atoms with Gasteiger partial charge in [-0.2, -0.15) is 0 Å². The van der Waals surface area contributed by atoms with Gasteiger partial charge < -0.3 is 18.9 Å². The summed E-state index contributed by atoms with van der Waals surface area (Å²) < 4.78 is 24.5. The molecular formula is C19H25NO5. The van der Waals surface area contributed by atoms with Gasteiger partial charge in [-0.25, -0.2) is 5.06 Å². The number of nitrogens with zero attached hydrogens (tertiary/aromatic N) is 1. The third-order valence-corrected chi connectivity index (χ3v) is 5.75. The van der Waals surface area contributed by atoms with Gasteiger partial charge in [0.1, 0.15) is 18.3 Å². The second-order valence-corrected chi connectivity index (χ2v) is 8.32. The van der Waals surface area contributed by atoms with Crippen LogP contribution in [0.4, 0.5) is 5.69 Å². The van der Waals surface area contributed by atoms with E-state index >= 15 is 0 Å². The number of fused-ring (bicyclic) bond motifs is 5. The van der Waals surface area contributed by atoms with E-state index in [4.69, 9.17) is 23.8 Å². The highest BCUT2D eigenvalue weighted by atomic mass is 16.8. The van der Waals surface area contributed by atoms with Gasteiger partial charge in [0.15, 0.2) is 12.1 Å². The van der Waals surface area contributed by atoms with Gasteiger partial charge in [-0.1, -0.05) is 18.2 Å². The van der Waals surface area contributed by atoms with E-state index in [1.54, 1.807) is 0 Å². The van der Waals surface area contributed by atoms with Crippen molar-refractivity contribution in [2.45, 2.75) is 69.7 Å². The van der Waals surface area contributed by atoms with E-state index in [0.29, 0.717) is 6.61 Å². The van der Waals surface area contributed by atoms with Gasteiger partial charge in [-0.3, -0.25) is 4.84 Å². The van der Waals surface area contributed by atoms with Crippen LogP contribution in [0, 0.1) is 5.92 Å². The zero-order valence-electron chi connectivity index (χ0n) is 15.0. The van der Waals surface area contributed by atoms with Gasteiger partial charge in [0.05, 0.1) is 23.9 Å². The van der Waals surface area contributed by atoms with Crippen LogP contribution in [0.5, 0.6) is 0 Å².